The number of likely N-dealkylation sites (N-methyl/N-ethyl adjacent to an activating group) is 1. The fraction of sp³-hybridized carbons (Fsp3) is 0.909. The van der Waals surface area contributed by atoms with Crippen molar-refractivity contribution in [1.29, 1.82) is 0 Å². The Bertz CT molecular complexity index is 245. The molecule has 1 amide bonds. The number of nitrogens with zero attached hydrogens (tertiary/aromatic N) is 1. The Morgan fingerprint density at radius 2 is 2.33 bits per heavy atom. The molecule has 3 atom stereocenters. The molecule has 0 aliphatic carbocycles. The molecule has 4 nitrogen and oxygen atoms in total. The Morgan fingerprint density at radius 1 is 1.53 bits per heavy atom. The first-order chi connectivity index (χ1) is 7.20. The molecule has 15 heavy (non-hydrogen) atoms. The van der Waals surface area contributed by atoms with Crippen molar-refractivity contribution in [2.45, 2.75) is 44.4 Å². The zero-order chi connectivity index (χ0) is 10.8. The van der Waals surface area contributed by atoms with Crippen LogP contribution < -0.4 is 5.32 Å². The van der Waals surface area contributed by atoms with Gasteiger partial charge in [-0.25, -0.2) is 0 Å². The minimum Gasteiger partial charge on any atom is -0.373 e. The van der Waals surface area contributed by atoms with E-state index < -0.39 is 0 Å². The lowest BCUT2D eigenvalue weighted by molar-refractivity contribution is -0.128. The molecule has 0 spiro atoms. The van der Waals surface area contributed by atoms with Crippen LogP contribution in [0.3, 0.4) is 0 Å². The van der Waals surface area contributed by atoms with Gasteiger partial charge in [0, 0.05) is 19.6 Å². The Kier molecular flexibility index (Phi) is 3.26. The Hall–Kier alpha value is -0.610. The Labute approximate surface area is 91.0 Å². The van der Waals surface area contributed by atoms with Crippen LogP contribution in [0.1, 0.15) is 26.2 Å². The molecule has 0 radical (unpaired) electrons. The molecule has 4 heteroatoms. The third-order valence-corrected chi connectivity index (χ3v) is 3.52. The predicted molar refractivity (Wildman–Crippen MR) is 57.6 cm³/mol. The molecule has 86 valence electrons. The van der Waals surface area contributed by atoms with Gasteiger partial charge in [0.2, 0.25) is 5.91 Å². The van der Waals surface area contributed by atoms with E-state index in [-0.39, 0.29) is 5.91 Å². The molecule has 2 aliphatic rings. The van der Waals surface area contributed by atoms with Crippen LogP contribution in [-0.2, 0) is 9.53 Å². The fourth-order valence-electron chi connectivity index (χ4n) is 2.38. The van der Waals surface area contributed by atoms with Gasteiger partial charge in [-0.1, -0.05) is 0 Å². The van der Waals surface area contributed by atoms with Crippen molar-refractivity contribution in [3.05, 3.63) is 0 Å². The van der Waals surface area contributed by atoms with Crippen molar-refractivity contribution in [1.82, 2.24) is 10.2 Å². The van der Waals surface area contributed by atoms with E-state index in [1.165, 1.54) is 6.42 Å². The number of ether oxygens (including phenoxy) is 1. The van der Waals surface area contributed by atoms with Crippen LogP contribution in [-0.4, -0.2) is 49.2 Å². The first kappa shape index (κ1) is 10.9. The van der Waals surface area contributed by atoms with Crippen molar-refractivity contribution in [2.75, 3.05) is 20.1 Å². The van der Waals surface area contributed by atoms with E-state index in [4.69, 9.17) is 4.74 Å². The number of carbonyl (C=O) groups is 1. The van der Waals surface area contributed by atoms with Gasteiger partial charge < -0.3 is 15.0 Å². The van der Waals surface area contributed by atoms with Gasteiger partial charge in [0.05, 0.1) is 18.8 Å². The Balaban J connectivity index is 1.72. The summed E-state index contributed by atoms with van der Waals surface area (Å²) in [5.41, 5.74) is 0. The zero-order valence-corrected chi connectivity index (χ0v) is 9.53. The monoisotopic (exact) mass is 212 g/mol. The molecule has 2 rings (SSSR count). The molecule has 0 aromatic carbocycles. The molecule has 0 saturated carbocycles. The highest BCUT2D eigenvalue weighted by atomic mass is 16.5. The number of hydrogen-bond acceptors (Lipinski definition) is 3. The quantitative estimate of drug-likeness (QED) is 0.732. The van der Waals surface area contributed by atoms with Crippen molar-refractivity contribution >= 4 is 5.91 Å². The summed E-state index contributed by atoms with van der Waals surface area (Å²) in [6.07, 6.45) is 4.24. The summed E-state index contributed by atoms with van der Waals surface area (Å²) in [5, 5.41) is 3.31. The number of nitrogens with one attached hydrogen (secondary N) is 1. The highest BCUT2D eigenvalue weighted by molar-refractivity contribution is 5.77. The highest BCUT2D eigenvalue weighted by Crippen LogP contribution is 2.34. The van der Waals surface area contributed by atoms with Crippen LogP contribution in [0.2, 0.25) is 0 Å². The summed E-state index contributed by atoms with van der Waals surface area (Å²) < 4.78 is 5.72. The first-order valence-corrected chi connectivity index (χ1v) is 5.83. The molecule has 1 N–H and O–H groups in total. The summed E-state index contributed by atoms with van der Waals surface area (Å²) in [5.74, 6) is 0.167. The molecule has 3 unspecified atom stereocenters. The van der Waals surface area contributed by atoms with Gasteiger partial charge in [0.25, 0.3) is 0 Å². The van der Waals surface area contributed by atoms with Gasteiger partial charge in [0.15, 0.2) is 0 Å². The minimum absolute atomic E-state index is 0.167. The number of amides is 1. The highest BCUT2D eigenvalue weighted by Gasteiger charge is 2.40. The maximum atomic E-state index is 11.6. The summed E-state index contributed by atoms with van der Waals surface area (Å²) >= 11 is 0. The molecular weight excluding hydrogens is 192 g/mol. The van der Waals surface area contributed by atoms with Crippen LogP contribution >= 0.6 is 0 Å². The standard InChI is InChI=1S/C11H20N2O2/c1-3-13(2)11(14)7-12-9-6-8-4-5-10(9)15-8/h8-10,12H,3-7H2,1-2H3. The van der Waals surface area contributed by atoms with Gasteiger partial charge in [-0.3, -0.25) is 4.79 Å². The van der Waals surface area contributed by atoms with Crippen LogP contribution in [0.4, 0.5) is 0 Å². The van der Waals surface area contributed by atoms with Gasteiger partial charge in [0.1, 0.15) is 0 Å². The maximum absolute atomic E-state index is 11.6. The molecule has 2 fully saturated rings. The van der Waals surface area contributed by atoms with Gasteiger partial charge in [-0.05, 0) is 26.2 Å². The molecule has 2 aliphatic heterocycles. The Morgan fingerprint density at radius 3 is 2.87 bits per heavy atom. The maximum Gasteiger partial charge on any atom is 0.236 e. The molecule has 2 bridgehead atoms. The van der Waals surface area contributed by atoms with Crippen molar-refractivity contribution in [3.63, 3.8) is 0 Å². The van der Waals surface area contributed by atoms with Crippen LogP contribution in [0, 0.1) is 0 Å². The summed E-state index contributed by atoms with van der Waals surface area (Å²) in [7, 11) is 1.83. The largest absolute Gasteiger partial charge is 0.373 e. The summed E-state index contributed by atoms with van der Waals surface area (Å²) in [6, 6.07) is 0.401. The second-order valence-electron chi connectivity index (χ2n) is 4.50. The lowest BCUT2D eigenvalue weighted by atomic mass is 9.95. The molecule has 0 aromatic rings. The zero-order valence-electron chi connectivity index (χ0n) is 9.53. The summed E-state index contributed by atoms with van der Waals surface area (Å²) in [4.78, 5) is 13.3. The van der Waals surface area contributed by atoms with E-state index in [0.29, 0.717) is 24.8 Å². The third kappa shape index (κ3) is 2.32. The summed E-state index contributed by atoms with van der Waals surface area (Å²) in [6.45, 7) is 3.20. The normalized spacial score (nSPS) is 33.3. The van der Waals surface area contributed by atoms with E-state index in [1.54, 1.807) is 4.90 Å². The lowest BCUT2D eigenvalue weighted by Crippen LogP contribution is -2.43. The van der Waals surface area contributed by atoms with Crippen LogP contribution in [0.15, 0.2) is 0 Å². The average Bonchev–Trinajstić information content (AvgIpc) is 2.86. The second-order valence-corrected chi connectivity index (χ2v) is 4.50. The molecular formula is C11H20N2O2. The van der Waals surface area contributed by atoms with E-state index in [2.05, 4.69) is 5.32 Å². The van der Waals surface area contributed by atoms with Gasteiger partial charge in [-0.15, -0.1) is 0 Å². The molecule has 0 aromatic heterocycles. The first-order valence-electron chi connectivity index (χ1n) is 5.83. The van der Waals surface area contributed by atoms with E-state index in [0.717, 1.165) is 19.4 Å². The average molecular weight is 212 g/mol. The minimum atomic E-state index is 0.167. The third-order valence-electron chi connectivity index (χ3n) is 3.52. The number of fused-ring (bicyclic) bond motifs is 2. The van der Waals surface area contributed by atoms with Gasteiger partial charge >= 0.3 is 0 Å². The lowest BCUT2D eigenvalue weighted by Gasteiger charge is -2.21. The van der Waals surface area contributed by atoms with Crippen LogP contribution in [0.25, 0.3) is 0 Å². The molecule has 2 heterocycles. The molecule has 2 saturated heterocycles. The predicted octanol–water partition coefficient (Wildman–Crippen LogP) is 0.374. The van der Waals surface area contributed by atoms with Crippen molar-refractivity contribution in [3.8, 4) is 0 Å². The number of hydrogen-bond donors (Lipinski definition) is 1. The fourth-order valence-corrected chi connectivity index (χ4v) is 2.38. The van der Waals surface area contributed by atoms with E-state index in [9.17, 15) is 4.79 Å². The SMILES string of the molecule is CCN(C)C(=O)CNC1CC2CCC1O2. The van der Waals surface area contributed by atoms with E-state index >= 15 is 0 Å². The van der Waals surface area contributed by atoms with Crippen molar-refractivity contribution < 1.29 is 9.53 Å². The number of rotatable bonds is 4. The second kappa shape index (κ2) is 4.49. The van der Waals surface area contributed by atoms with Gasteiger partial charge in [-0.2, -0.15) is 0 Å². The smallest absolute Gasteiger partial charge is 0.236 e. The number of carbonyl (C=O) groups excluding carboxylic acids is 1. The van der Waals surface area contributed by atoms with Crippen molar-refractivity contribution in [2.24, 2.45) is 0 Å². The topological polar surface area (TPSA) is 41.6 Å². The van der Waals surface area contributed by atoms with Crippen LogP contribution in [0.5, 0.6) is 0 Å². The van der Waals surface area contributed by atoms with E-state index in [1.807, 2.05) is 14.0 Å².